The first-order valence-electron chi connectivity index (χ1n) is 8.22. The largest absolute Gasteiger partial charge is 0.338 e. The molecule has 26 heavy (non-hydrogen) atoms. The molecule has 128 valence electrons. The Kier molecular flexibility index (Phi) is 4.19. The zero-order chi connectivity index (χ0) is 18.1. The van der Waals surface area contributed by atoms with Crippen LogP contribution in [0.5, 0.6) is 0 Å². The van der Waals surface area contributed by atoms with Gasteiger partial charge in [0.1, 0.15) is 5.82 Å². The van der Waals surface area contributed by atoms with Crippen molar-refractivity contribution >= 4 is 34.2 Å². The molecule has 0 aliphatic carbocycles. The molecule has 4 aromatic rings. The van der Waals surface area contributed by atoms with Crippen LogP contribution in [0.15, 0.2) is 66.7 Å². The molecule has 0 radical (unpaired) electrons. The van der Waals surface area contributed by atoms with Crippen molar-refractivity contribution in [3.05, 3.63) is 82.9 Å². The van der Waals surface area contributed by atoms with E-state index in [1.54, 1.807) is 36.4 Å². The van der Waals surface area contributed by atoms with Crippen LogP contribution in [0.4, 0.5) is 5.69 Å². The van der Waals surface area contributed by atoms with Crippen molar-refractivity contribution in [3.63, 3.8) is 0 Å². The summed E-state index contributed by atoms with van der Waals surface area (Å²) in [5.74, 6) is 0.620. The fourth-order valence-electron chi connectivity index (χ4n) is 2.78. The Balaban J connectivity index is 1.55. The van der Waals surface area contributed by atoms with Crippen molar-refractivity contribution in [2.45, 2.75) is 6.92 Å². The normalized spacial score (nSPS) is 10.8. The second-order valence-electron chi connectivity index (χ2n) is 6.14. The third-order valence-electron chi connectivity index (χ3n) is 4.16. The summed E-state index contributed by atoms with van der Waals surface area (Å²) in [7, 11) is 0. The van der Waals surface area contributed by atoms with Gasteiger partial charge in [0.15, 0.2) is 0 Å². The van der Waals surface area contributed by atoms with Crippen LogP contribution in [0.25, 0.3) is 22.4 Å². The van der Waals surface area contributed by atoms with Gasteiger partial charge in [0.05, 0.1) is 11.0 Å². The number of nitrogens with zero attached hydrogens (tertiary/aromatic N) is 1. The summed E-state index contributed by atoms with van der Waals surface area (Å²) < 4.78 is 0. The van der Waals surface area contributed by atoms with Gasteiger partial charge in [0.2, 0.25) is 0 Å². The number of halogens is 1. The zero-order valence-electron chi connectivity index (χ0n) is 14.1. The van der Waals surface area contributed by atoms with E-state index in [-0.39, 0.29) is 5.91 Å². The number of fused-ring (bicyclic) bond motifs is 1. The van der Waals surface area contributed by atoms with Crippen molar-refractivity contribution in [3.8, 4) is 11.4 Å². The molecule has 0 aliphatic heterocycles. The molecule has 1 heterocycles. The second kappa shape index (κ2) is 6.65. The predicted octanol–water partition coefficient (Wildman–Crippen LogP) is 5.44. The van der Waals surface area contributed by atoms with Gasteiger partial charge in [-0.1, -0.05) is 29.8 Å². The van der Waals surface area contributed by atoms with Gasteiger partial charge in [-0.15, -0.1) is 0 Å². The number of hydrogen-bond acceptors (Lipinski definition) is 2. The molecule has 4 rings (SSSR count). The molecule has 5 heteroatoms. The van der Waals surface area contributed by atoms with E-state index < -0.39 is 0 Å². The minimum atomic E-state index is -0.167. The molecule has 4 nitrogen and oxygen atoms in total. The average molecular weight is 362 g/mol. The fraction of sp³-hybridized carbons (Fsp3) is 0.0476. The Hall–Kier alpha value is -3.11. The Morgan fingerprint density at radius 2 is 1.73 bits per heavy atom. The van der Waals surface area contributed by atoms with E-state index in [2.05, 4.69) is 21.4 Å². The molecule has 0 fully saturated rings. The van der Waals surface area contributed by atoms with Gasteiger partial charge in [-0.25, -0.2) is 4.98 Å². The number of nitrogens with one attached hydrogen (secondary N) is 2. The van der Waals surface area contributed by atoms with Gasteiger partial charge in [-0.3, -0.25) is 4.79 Å². The highest BCUT2D eigenvalue weighted by molar-refractivity contribution is 6.30. The summed E-state index contributed by atoms with van der Waals surface area (Å²) in [5, 5.41) is 3.48. The number of rotatable bonds is 3. The molecule has 0 saturated heterocycles. The quantitative estimate of drug-likeness (QED) is 0.510. The van der Waals surface area contributed by atoms with E-state index in [0.29, 0.717) is 16.3 Å². The second-order valence-corrected chi connectivity index (χ2v) is 6.58. The summed E-state index contributed by atoms with van der Waals surface area (Å²) in [6.07, 6.45) is 0. The van der Waals surface area contributed by atoms with Crippen LogP contribution in [0.3, 0.4) is 0 Å². The van der Waals surface area contributed by atoms with Gasteiger partial charge in [0.25, 0.3) is 5.91 Å². The maximum atomic E-state index is 12.4. The van der Waals surface area contributed by atoms with Crippen LogP contribution in [-0.2, 0) is 0 Å². The highest BCUT2D eigenvalue weighted by atomic mass is 35.5. The number of aryl methyl sites for hydroxylation is 1. The monoisotopic (exact) mass is 361 g/mol. The molecular formula is C21H16ClN3O. The van der Waals surface area contributed by atoms with Crippen molar-refractivity contribution in [1.82, 2.24) is 9.97 Å². The number of imidazole rings is 1. The lowest BCUT2D eigenvalue weighted by Gasteiger charge is -2.06. The average Bonchev–Trinajstić information content (AvgIpc) is 3.07. The number of carbonyl (C=O) groups excluding carboxylic acids is 1. The molecule has 0 unspecified atom stereocenters. The maximum Gasteiger partial charge on any atom is 0.255 e. The summed E-state index contributed by atoms with van der Waals surface area (Å²) in [6, 6.07) is 20.5. The first kappa shape index (κ1) is 16.4. The Labute approximate surface area is 155 Å². The molecule has 0 bridgehead atoms. The van der Waals surface area contributed by atoms with Crippen molar-refractivity contribution in [1.29, 1.82) is 0 Å². The standard InChI is InChI=1S/C21H16ClN3O/c1-13-2-11-18-19(12-13)25-20(24-18)14-3-5-15(6-4-14)21(26)23-17-9-7-16(22)8-10-17/h2-12H,1H3,(H,23,26)(H,24,25). The smallest absolute Gasteiger partial charge is 0.255 e. The third kappa shape index (κ3) is 3.32. The van der Waals surface area contributed by atoms with E-state index in [0.717, 1.165) is 22.4 Å². The Bertz CT molecular complexity index is 1080. The van der Waals surface area contributed by atoms with Crippen LogP contribution in [0, 0.1) is 6.92 Å². The molecule has 3 aromatic carbocycles. The van der Waals surface area contributed by atoms with Crippen molar-refractivity contribution < 1.29 is 4.79 Å². The van der Waals surface area contributed by atoms with E-state index >= 15 is 0 Å². The van der Waals surface area contributed by atoms with Crippen LogP contribution >= 0.6 is 11.6 Å². The Morgan fingerprint density at radius 1 is 1.00 bits per heavy atom. The molecule has 1 aromatic heterocycles. The van der Waals surface area contributed by atoms with Crippen LogP contribution in [0.1, 0.15) is 15.9 Å². The maximum absolute atomic E-state index is 12.4. The van der Waals surface area contributed by atoms with Crippen LogP contribution in [0.2, 0.25) is 5.02 Å². The number of carbonyl (C=O) groups is 1. The van der Waals surface area contributed by atoms with Gasteiger partial charge >= 0.3 is 0 Å². The molecule has 1 amide bonds. The van der Waals surface area contributed by atoms with E-state index in [9.17, 15) is 4.79 Å². The SMILES string of the molecule is Cc1ccc2nc(-c3ccc(C(=O)Nc4ccc(Cl)cc4)cc3)[nH]c2c1. The summed E-state index contributed by atoms with van der Waals surface area (Å²) in [6.45, 7) is 2.05. The van der Waals surface area contributed by atoms with Crippen molar-refractivity contribution in [2.75, 3.05) is 5.32 Å². The zero-order valence-corrected chi connectivity index (χ0v) is 14.8. The molecule has 2 N–H and O–H groups in total. The Morgan fingerprint density at radius 3 is 2.46 bits per heavy atom. The number of aromatic amines is 1. The van der Waals surface area contributed by atoms with Crippen LogP contribution < -0.4 is 5.32 Å². The molecule has 0 spiro atoms. The number of benzene rings is 3. The fourth-order valence-corrected chi connectivity index (χ4v) is 2.90. The van der Waals surface area contributed by atoms with E-state index in [1.165, 1.54) is 5.56 Å². The lowest BCUT2D eigenvalue weighted by Crippen LogP contribution is -2.11. The first-order chi connectivity index (χ1) is 12.6. The molecule has 0 atom stereocenters. The van der Waals surface area contributed by atoms with Crippen molar-refractivity contribution in [2.24, 2.45) is 0 Å². The summed E-state index contributed by atoms with van der Waals surface area (Å²) in [4.78, 5) is 20.3. The van der Waals surface area contributed by atoms with Gasteiger partial charge in [-0.2, -0.15) is 0 Å². The lowest BCUT2D eigenvalue weighted by molar-refractivity contribution is 0.102. The van der Waals surface area contributed by atoms with Gasteiger partial charge < -0.3 is 10.3 Å². The van der Waals surface area contributed by atoms with Gasteiger partial charge in [0, 0.05) is 21.8 Å². The highest BCUT2D eigenvalue weighted by Crippen LogP contribution is 2.22. The number of aromatic nitrogens is 2. The summed E-state index contributed by atoms with van der Waals surface area (Å²) >= 11 is 5.86. The van der Waals surface area contributed by atoms with E-state index in [1.807, 2.05) is 31.2 Å². The highest BCUT2D eigenvalue weighted by Gasteiger charge is 2.09. The minimum absolute atomic E-state index is 0.167. The topological polar surface area (TPSA) is 57.8 Å². The number of anilines is 1. The summed E-state index contributed by atoms with van der Waals surface area (Å²) in [5.41, 5.74) is 5.33. The van der Waals surface area contributed by atoms with Crippen LogP contribution in [-0.4, -0.2) is 15.9 Å². The molecule has 0 aliphatic rings. The molecule has 0 saturated carbocycles. The first-order valence-corrected chi connectivity index (χ1v) is 8.60. The molecular weight excluding hydrogens is 346 g/mol. The van der Waals surface area contributed by atoms with E-state index in [4.69, 9.17) is 11.6 Å². The third-order valence-corrected chi connectivity index (χ3v) is 4.41. The number of hydrogen-bond donors (Lipinski definition) is 2. The number of H-pyrrole nitrogens is 1. The predicted molar refractivity (Wildman–Crippen MR) is 106 cm³/mol. The number of amides is 1. The van der Waals surface area contributed by atoms with Gasteiger partial charge in [-0.05, 0) is 61.0 Å². The minimum Gasteiger partial charge on any atom is -0.338 e. The lowest BCUT2D eigenvalue weighted by atomic mass is 10.1.